The van der Waals surface area contributed by atoms with Crippen molar-refractivity contribution < 1.29 is 10.0 Å². The summed E-state index contributed by atoms with van der Waals surface area (Å²) in [6.45, 7) is 2.64. The molecule has 0 aliphatic heterocycles. The van der Waals surface area contributed by atoms with Gasteiger partial charge < -0.3 is 10.0 Å². The normalized spacial score (nSPS) is 13.6. The molecular formula is C7H15NO2. The summed E-state index contributed by atoms with van der Waals surface area (Å²) in [6, 6.07) is 0. The maximum absolute atomic E-state index is 9.92. The van der Waals surface area contributed by atoms with Crippen LogP contribution >= 0.6 is 0 Å². The third kappa shape index (κ3) is 5.72. The zero-order valence-corrected chi connectivity index (χ0v) is 6.58. The Labute approximate surface area is 61.6 Å². The third-order valence-electron chi connectivity index (χ3n) is 1.35. The first-order valence-corrected chi connectivity index (χ1v) is 3.50. The Kier molecular flexibility index (Phi) is 5.16. The van der Waals surface area contributed by atoms with Crippen molar-refractivity contribution in [3.8, 4) is 0 Å². The van der Waals surface area contributed by atoms with Gasteiger partial charge >= 0.3 is 0 Å². The Morgan fingerprint density at radius 3 is 2.70 bits per heavy atom. The van der Waals surface area contributed by atoms with Crippen LogP contribution in [0.2, 0.25) is 0 Å². The summed E-state index contributed by atoms with van der Waals surface area (Å²) in [7, 11) is 1.61. The fourth-order valence-corrected chi connectivity index (χ4v) is 0.895. The number of carbonyl (C=O) groups excluding carboxylic acids is 1. The molecular weight excluding hydrogens is 130 g/mol. The molecule has 1 unspecified atom stereocenters. The molecule has 0 heterocycles. The number of nitrogens with zero attached hydrogens (tertiary/aromatic N) is 1. The molecule has 0 aliphatic carbocycles. The van der Waals surface area contributed by atoms with Crippen molar-refractivity contribution in [2.45, 2.75) is 19.8 Å². The van der Waals surface area contributed by atoms with E-state index in [1.165, 1.54) is 0 Å². The minimum Gasteiger partial charge on any atom is -0.314 e. The van der Waals surface area contributed by atoms with Gasteiger partial charge in [0, 0.05) is 20.0 Å². The van der Waals surface area contributed by atoms with Crippen molar-refractivity contribution in [1.29, 1.82) is 0 Å². The van der Waals surface area contributed by atoms with E-state index in [0.29, 0.717) is 18.9 Å². The SMILES string of the molecule is CC(CCC=O)CN(C)O. The van der Waals surface area contributed by atoms with E-state index >= 15 is 0 Å². The van der Waals surface area contributed by atoms with Gasteiger partial charge in [-0.25, -0.2) is 0 Å². The van der Waals surface area contributed by atoms with Crippen LogP contribution in [0.15, 0.2) is 0 Å². The van der Waals surface area contributed by atoms with Gasteiger partial charge in [-0.3, -0.25) is 0 Å². The molecule has 60 valence electrons. The van der Waals surface area contributed by atoms with Gasteiger partial charge in [-0.2, -0.15) is 5.06 Å². The van der Waals surface area contributed by atoms with Crippen molar-refractivity contribution in [3.05, 3.63) is 0 Å². The van der Waals surface area contributed by atoms with Crippen molar-refractivity contribution in [2.75, 3.05) is 13.6 Å². The number of rotatable bonds is 5. The van der Waals surface area contributed by atoms with Crippen LogP contribution in [0.4, 0.5) is 0 Å². The minimum atomic E-state index is 0.389. The molecule has 0 spiro atoms. The van der Waals surface area contributed by atoms with E-state index in [-0.39, 0.29) is 0 Å². The molecule has 3 heteroatoms. The number of hydroxylamine groups is 2. The summed E-state index contributed by atoms with van der Waals surface area (Å²) in [6.07, 6.45) is 2.36. The largest absolute Gasteiger partial charge is 0.314 e. The van der Waals surface area contributed by atoms with Gasteiger partial charge in [0.25, 0.3) is 0 Å². The van der Waals surface area contributed by atoms with E-state index in [4.69, 9.17) is 5.21 Å². The maximum atomic E-state index is 9.92. The van der Waals surface area contributed by atoms with E-state index in [1.807, 2.05) is 6.92 Å². The second-order valence-electron chi connectivity index (χ2n) is 2.69. The van der Waals surface area contributed by atoms with Gasteiger partial charge in [0.1, 0.15) is 6.29 Å². The van der Waals surface area contributed by atoms with Gasteiger partial charge in [0.2, 0.25) is 0 Å². The average molecular weight is 145 g/mol. The Balaban J connectivity index is 3.24. The molecule has 0 saturated heterocycles. The van der Waals surface area contributed by atoms with Gasteiger partial charge in [0.05, 0.1) is 0 Å². The quantitative estimate of drug-likeness (QED) is 0.462. The molecule has 0 aromatic heterocycles. The highest BCUT2D eigenvalue weighted by atomic mass is 16.5. The number of hydrogen-bond donors (Lipinski definition) is 1. The monoisotopic (exact) mass is 145 g/mol. The van der Waals surface area contributed by atoms with Crippen LogP contribution in [0.3, 0.4) is 0 Å². The van der Waals surface area contributed by atoms with Gasteiger partial charge in [-0.15, -0.1) is 0 Å². The van der Waals surface area contributed by atoms with E-state index < -0.39 is 0 Å². The predicted molar refractivity (Wildman–Crippen MR) is 38.9 cm³/mol. The predicted octanol–water partition coefficient (Wildman–Crippen LogP) is 0.923. The standard InChI is InChI=1S/C7H15NO2/c1-7(4-3-5-9)6-8(2)10/h5,7,10H,3-4,6H2,1-2H3. The van der Waals surface area contributed by atoms with Crippen LogP contribution in [0.5, 0.6) is 0 Å². The van der Waals surface area contributed by atoms with E-state index in [1.54, 1.807) is 7.05 Å². The third-order valence-corrected chi connectivity index (χ3v) is 1.35. The van der Waals surface area contributed by atoms with E-state index in [2.05, 4.69) is 0 Å². The Morgan fingerprint density at radius 2 is 2.30 bits per heavy atom. The fourth-order valence-electron chi connectivity index (χ4n) is 0.895. The molecule has 1 atom stereocenters. The Bertz CT molecular complexity index is 93.6. The van der Waals surface area contributed by atoms with Gasteiger partial charge in [-0.1, -0.05) is 6.92 Å². The summed E-state index contributed by atoms with van der Waals surface area (Å²) in [4.78, 5) is 9.92. The van der Waals surface area contributed by atoms with Crippen LogP contribution in [-0.4, -0.2) is 30.1 Å². The number of carbonyl (C=O) groups is 1. The first kappa shape index (κ1) is 9.59. The highest BCUT2D eigenvalue weighted by Gasteiger charge is 2.02. The smallest absolute Gasteiger partial charge is 0.120 e. The first-order chi connectivity index (χ1) is 4.66. The highest BCUT2D eigenvalue weighted by molar-refractivity contribution is 5.49. The van der Waals surface area contributed by atoms with Gasteiger partial charge in [-0.05, 0) is 12.3 Å². The lowest BCUT2D eigenvalue weighted by molar-refractivity contribution is -0.108. The van der Waals surface area contributed by atoms with Crippen molar-refractivity contribution in [1.82, 2.24) is 5.06 Å². The van der Waals surface area contributed by atoms with Crippen LogP contribution in [0, 0.1) is 5.92 Å². The minimum absolute atomic E-state index is 0.389. The molecule has 0 bridgehead atoms. The molecule has 0 saturated carbocycles. The molecule has 3 nitrogen and oxygen atoms in total. The summed E-state index contributed by atoms with van der Waals surface area (Å²) < 4.78 is 0. The van der Waals surface area contributed by atoms with E-state index in [9.17, 15) is 4.79 Å². The number of aldehydes is 1. The lowest BCUT2D eigenvalue weighted by Gasteiger charge is -2.13. The Morgan fingerprint density at radius 1 is 1.70 bits per heavy atom. The Hall–Kier alpha value is -0.410. The second kappa shape index (κ2) is 5.38. The zero-order chi connectivity index (χ0) is 7.98. The fraction of sp³-hybridized carbons (Fsp3) is 0.857. The van der Waals surface area contributed by atoms with Crippen LogP contribution in [0.25, 0.3) is 0 Å². The van der Waals surface area contributed by atoms with Crippen LogP contribution < -0.4 is 0 Å². The molecule has 0 fully saturated rings. The van der Waals surface area contributed by atoms with Crippen molar-refractivity contribution >= 4 is 6.29 Å². The summed E-state index contributed by atoms with van der Waals surface area (Å²) in [5, 5.41) is 9.92. The van der Waals surface area contributed by atoms with E-state index in [0.717, 1.165) is 17.8 Å². The molecule has 0 aromatic carbocycles. The first-order valence-electron chi connectivity index (χ1n) is 3.50. The van der Waals surface area contributed by atoms with Gasteiger partial charge in [0.15, 0.2) is 0 Å². The second-order valence-corrected chi connectivity index (χ2v) is 2.69. The van der Waals surface area contributed by atoms with Crippen molar-refractivity contribution in [3.63, 3.8) is 0 Å². The summed E-state index contributed by atoms with van der Waals surface area (Å²) in [5.74, 6) is 0.389. The molecule has 10 heavy (non-hydrogen) atoms. The lowest BCUT2D eigenvalue weighted by atomic mass is 10.1. The molecule has 0 aliphatic rings. The number of hydrogen-bond acceptors (Lipinski definition) is 3. The lowest BCUT2D eigenvalue weighted by Crippen LogP contribution is -2.20. The molecule has 0 rings (SSSR count). The highest BCUT2D eigenvalue weighted by Crippen LogP contribution is 2.03. The molecule has 0 radical (unpaired) electrons. The molecule has 0 amide bonds. The summed E-state index contributed by atoms with van der Waals surface area (Å²) >= 11 is 0. The topological polar surface area (TPSA) is 40.5 Å². The van der Waals surface area contributed by atoms with Crippen LogP contribution in [-0.2, 0) is 4.79 Å². The summed E-state index contributed by atoms with van der Waals surface area (Å²) in [5.41, 5.74) is 0. The average Bonchev–Trinajstić information content (AvgIpc) is 1.82. The van der Waals surface area contributed by atoms with Crippen molar-refractivity contribution in [2.24, 2.45) is 5.92 Å². The van der Waals surface area contributed by atoms with Crippen LogP contribution in [0.1, 0.15) is 19.8 Å². The molecule has 0 aromatic rings. The zero-order valence-electron chi connectivity index (χ0n) is 6.58. The molecule has 1 N–H and O–H groups in total. The maximum Gasteiger partial charge on any atom is 0.120 e.